The average Bonchev–Trinajstić information content (AvgIpc) is 2.65. The van der Waals surface area contributed by atoms with Gasteiger partial charge >= 0.3 is 0 Å². The van der Waals surface area contributed by atoms with E-state index in [-0.39, 0.29) is 16.7 Å². The highest BCUT2D eigenvalue weighted by atomic mass is 32.2. The fraction of sp³-hybridized carbons (Fsp3) is 0.316. The summed E-state index contributed by atoms with van der Waals surface area (Å²) >= 11 is 0. The van der Waals surface area contributed by atoms with Gasteiger partial charge in [0.1, 0.15) is 22.4 Å². The maximum atomic E-state index is 13.0. The third-order valence-corrected chi connectivity index (χ3v) is 5.20. The highest BCUT2D eigenvalue weighted by Crippen LogP contribution is 2.29. The minimum Gasteiger partial charge on any atom is -0.497 e. The third kappa shape index (κ3) is 5.21. The average molecular weight is 392 g/mol. The Morgan fingerprint density at radius 3 is 2.22 bits per heavy atom. The van der Waals surface area contributed by atoms with E-state index in [1.807, 2.05) is 0 Å². The van der Waals surface area contributed by atoms with E-state index in [1.54, 1.807) is 50.2 Å². The van der Waals surface area contributed by atoms with Gasteiger partial charge in [-0.25, -0.2) is 8.42 Å². The molecule has 0 bridgehead atoms. The first-order valence-electron chi connectivity index (χ1n) is 8.38. The summed E-state index contributed by atoms with van der Waals surface area (Å²) in [6.45, 7) is 3.61. The number of sulfonamides is 1. The van der Waals surface area contributed by atoms with Crippen LogP contribution in [0.25, 0.3) is 0 Å². The number of rotatable bonds is 8. The van der Waals surface area contributed by atoms with Crippen molar-refractivity contribution in [1.82, 2.24) is 10.0 Å². The van der Waals surface area contributed by atoms with E-state index >= 15 is 0 Å². The first-order chi connectivity index (χ1) is 12.8. The summed E-state index contributed by atoms with van der Waals surface area (Å²) in [6.07, 6.45) is 0. The van der Waals surface area contributed by atoms with Crippen LogP contribution < -0.4 is 19.5 Å². The van der Waals surface area contributed by atoms with E-state index in [2.05, 4.69) is 10.0 Å². The first kappa shape index (κ1) is 20.7. The van der Waals surface area contributed by atoms with E-state index < -0.39 is 22.0 Å². The van der Waals surface area contributed by atoms with Gasteiger partial charge in [-0.3, -0.25) is 4.79 Å². The van der Waals surface area contributed by atoms with Crippen LogP contribution in [0, 0.1) is 0 Å². The zero-order chi connectivity index (χ0) is 20.0. The second-order valence-corrected chi connectivity index (χ2v) is 7.83. The smallest absolute Gasteiger partial charge is 0.245 e. The molecule has 146 valence electrons. The molecule has 2 aromatic carbocycles. The number of hydrogen-bond acceptors (Lipinski definition) is 5. The van der Waals surface area contributed by atoms with E-state index in [9.17, 15) is 13.2 Å². The molecule has 2 rings (SSSR count). The van der Waals surface area contributed by atoms with E-state index in [0.29, 0.717) is 11.3 Å². The fourth-order valence-corrected chi connectivity index (χ4v) is 3.87. The summed E-state index contributed by atoms with van der Waals surface area (Å²) in [5.41, 5.74) is 0.529. The Kier molecular flexibility index (Phi) is 6.81. The molecule has 0 unspecified atom stereocenters. The SMILES string of the molecule is COc1ccc(OC)c(S(=O)(=O)N[C@H](C(=O)NC(C)C)c2ccccc2)c1. The molecule has 0 fully saturated rings. The summed E-state index contributed by atoms with van der Waals surface area (Å²) in [4.78, 5) is 12.5. The van der Waals surface area contributed by atoms with Crippen molar-refractivity contribution in [2.75, 3.05) is 14.2 Å². The molecule has 2 N–H and O–H groups in total. The van der Waals surface area contributed by atoms with Gasteiger partial charge in [0.2, 0.25) is 15.9 Å². The molecule has 0 saturated heterocycles. The Hall–Kier alpha value is -2.58. The monoisotopic (exact) mass is 392 g/mol. The molecule has 27 heavy (non-hydrogen) atoms. The molecule has 0 heterocycles. The van der Waals surface area contributed by atoms with E-state index in [1.165, 1.54) is 26.4 Å². The Balaban J connectivity index is 2.46. The molecule has 0 aromatic heterocycles. The lowest BCUT2D eigenvalue weighted by molar-refractivity contribution is -0.123. The Morgan fingerprint density at radius 2 is 1.67 bits per heavy atom. The van der Waals surface area contributed by atoms with Crippen LogP contribution in [0.2, 0.25) is 0 Å². The predicted octanol–water partition coefficient (Wildman–Crippen LogP) is 2.25. The highest BCUT2D eigenvalue weighted by molar-refractivity contribution is 7.89. The van der Waals surface area contributed by atoms with E-state index in [0.717, 1.165) is 0 Å². The summed E-state index contributed by atoms with van der Waals surface area (Å²) in [6, 6.07) is 11.9. The van der Waals surface area contributed by atoms with Crippen molar-refractivity contribution < 1.29 is 22.7 Å². The normalized spacial score (nSPS) is 12.5. The van der Waals surface area contributed by atoms with Crippen LogP contribution in [0.4, 0.5) is 0 Å². The van der Waals surface area contributed by atoms with Crippen LogP contribution >= 0.6 is 0 Å². The van der Waals surface area contributed by atoms with Crippen molar-refractivity contribution in [3.63, 3.8) is 0 Å². The van der Waals surface area contributed by atoms with Gasteiger partial charge in [0.15, 0.2) is 0 Å². The van der Waals surface area contributed by atoms with Gasteiger partial charge in [-0.05, 0) is 31.5 Å². The van der Waals surface area contributed by atoms with E-state index in [4.69, 9.17) is 9.47 Å². The van der Waals surface area contributed by atoms with Crippen LogP contribution in [0.3, 0.4) is 0 Å². The molecule has 0 aliphatic rings. The van der Waals surface area contributed by atoms with Crippen molar-refractivity contribution in [2.24, 2.45) is 0 Å². The standard InChI is InChI=1S/C19H24N2O5S/c1-13(2)20-19(22)18(14-8-6-5-7-9-14)21-27(23,24)17-12-15(25-3)10-11-16(17)26-4/h5-13,18,21H,1-4H3,(H,20,22)/t18-/m0/s1. The lowest BCUT2D eigenvalue weighted by Gasteiger charge is -2.21. The second-order valence-electron chi connectivity index (χ2n) is 6.15. The predicted molar refractivity (Wildman–Crippen MR) is 102 cm³/mol. The number of methoxy groups -OCH3 is 2. The van der Waals surface area contributed by atoms with Crippen LogP contribution in [0.5, 0.6) is 11.5 Å². The Labute approximate surface area is 159 Å². The lowest BCUT2D eigenvalue weighted by Crippen LogP contribution is -2.42. The van der Waals surface area contributed by atoms with Gasteiger partial charge < -0.3 is 14.8 Å². The number of ether oxygens (including phenoxy) is 2. The summed E-state index contributed by atoms with van der Waals surface area (Å²) < 4.78 is 38.8. The molecular weight excluding hydrogens is 368 g/mol. The maximum Gasteiger partial charge on any atom is 0.245 e. The van der Waals surface area contributed by atoms with Crippen LogP contribution in [0.15, 0.2) is 53.4 Å². The second kappa shape index (κ2) is 8.88. The van der Waals surface area contributed by atoms with Gasteiger partial charge in [0.25, 0.3) is 0 Å². The van der Waals surface area contributed by atoms with Crippen molar-refractivity contribution >= 4 is 15.9 Å². The minimum atomic E-state index is -4.08. The molecule has 1 amide bonds. The fourth-order valence-electron chi connectivity index (χ4n) is 2.50. The van der Waals surface area contributed by atoms with Gasteiger partial charge in [-0.15, -0.1) is 0 Å². The molecule has 0 saturated carbocycles. The quantitative estimate of drug-likeness (QED) is 0.719. The molecule has 0 aliphatic heterocycles. The minimum absolute atomic E-state index is 0.109. The molecule has 8 heteroatoms. The zero-order valence-electron chi connectivity index (χ0n) is 15.7. The number of hydrogen-bond donors (Lipinski definition) is 2. The molecular formula is C19H24N2O5S. The van der Waals surface area contributed by atoms with Crippen molar-refractivity contribution in [1.29, 1.82) is 0 Å². The highest BCUT2D eigenvalue weighted by Gasteiger charge is 2.29. The largest absolute Gasteiger partial charge is 0.497 e. The third-order valence-electron chi connectivity index (χ3n) is 3.76. The zero-order valence-corrected chi connectivity index (χ0v) is 16.5. The van der Waals surface area contributed by atoms with Crippen molar-refractivity contribution in [3.8, 4) is 11.5 Å². The van der Waals surface area contributed by atoms with Crippen molar-refractivity contribution in [2.45, 2.75) is 30.8 Å². The van der Waals surface area contributed by atoms with Crippen LogP contribution in [-0.2, 0) is 14.8 Å². The molecule has 0 aliphatic carbocycles. The maximum absolute atomic E-state index is 13.0. The van der Waals surface area contributed by atoms with Crippen LogP contribution in [-0.4, -0.2) is 34.6 Å². The molecule has 2 aromatic rings. The summed E-state index contributed by atoms with van der Waals surface area (Å²) in [5.74, 6) is 0.0695. The van der Waals surface area contributed by atoms with Gasteiger partial charge in [-0.1, -0.05) is 30.3 Å². The molecule has 0 radical (unpaired) electrons. The summed E-state index contributed by atoms with van der Waals surface area (Å²) in [5, 5.41) is 2.74. The van der Waals surface area contributed by atoms with Crippen molar-refractivity contribution in [3.05, 3.63) is 54.1 Å². The summed E-state index contributed by atoms with van der Waals surface area (Å²) in [7, 11) is -1.26. The number of benzene rings is 2. The number of amides is 1. The van der Waals surface area contributed by atoms with Gasteiger partial charge in [0.05, 0.1) is 14.2 Å². The number of carbonyl (C=O) groups excluding carboxylic acids is 1. The Morgan fingerprint density at radius 1 is 1.00 bits per heavy atom. The Bertz CT molecular complexity index is 882. The molecule has 0 spiro atoms. The number of nitrogens with one attached hydrogen (secondary N) is 2. The van der Waals surface area contributed by atoms with Crippen LogP contribution in [0.1, 0.15) is 25.5 Å². The molecule has 7 nitrogen and oxygen atoms in total. The van der Waals surface area contributed by atoms with Gasteiger partial charge in [0, 0.05) is 12.1 Å². The number of carbonyl (C=O) groups is 1. The topological polar surface area (TPSA) is 93.7 Å². The molecule has 1 atom stereocenters. The first-order valence-corrected chi connectivity index (χ1v) is 9.86. The van der Waals surface area contributed by atoms with Gasteiger partial charge in [-0.2, -0.15) is 4.72 Å². The lowest BCUT2D eigenvalue weighted by atomic mass is 10.1.